The van der Waals surface area contributed by atoms with E-state index in [-0.39, 0.29) is 46.3 Å². The van der Waals surface area contributed by atoms with Gasteiger partial charge in [-0.25, -0.2) is 4.39 Å². The van der Waals surface area contributed by atoms with E-state index in [4.69, 9.17) is 9.47 Å². The number of hydrogen-bond acceptors (Lipinski definition) is 6. The van der Waals surface area contributed by atoms with Gasteiger partial charge < -0.3 is 9.47 Å². The molecule has 4 aliphatic carbocycles. The molecule has 0 aromatic heterocycles. The summed E-state index contributed by atoms with van der Waals surface area (Å²) in [5.41, 5.74) is -1.49. The Balaban J connectivity index is 1.56. The average molecular weight is 449 g/mol. The summed E-state index contributed by atoms with van der Waals surface area (Å²) in [6, 6.07) is -0.830. The van der Waals surface area contributed by atoms with Crippen LogP contribution in [-0.4, -0.2) is 40.2 Å². The molecule has 31 heavy (non-hydrogen) atoms. The van der Waals surface area contributed by atoms with Gasteiger partial charge in [0.05, 0.1) is 6.10 Å². The fourth-order valence-electron chi connectivity index (χ4n) is 7.61. The molecule has 3 saturated carbocycles. The number of epoxide rings is 1. The molecule has 5 nitrogen and oxygen atoms in total. The normalized spacial score (nSPS) is 46.9. The van der Waals surface area contributed by atoms with E-state index in [0.717, 1.165) is 24.8 Å². The quantitative estimate of drug-likeness (QED) is 0.472. The van der Waals surface area contributed by atoms with Crippen LogP contribution >= 0.6 is 11.8 Å². The van der Waals surface area contributed by atoms with Crippen LogP contribution in [0.4, 0.5) is 4.39 Å². The zero-order valence-electron chi connectivity index (χ0n) is 18.2. The molecule has 0 N–H and O–H groups in total. The maximum atomic E-state index is 13.2. The van der Waals surface area contributed by atoms with E-state index in [9.17, 15) is 18.8 Å². The number of ether oxygens (including phenoxy) is 2. The van der Waals surface area contributed by atoms with Gasteiger partial charge in [0, 0.05) is 17.3 Å². The summed E-state index contributed by atoms with van der Waals surface area (Å²) in [5, 5.41) is -0.374. The summed E-state index contributed by atoms with van der Waals surface area (Å²) >= 11 is 0.613. The second-order valence-corrected chi connectivity index (χ2v) is 11.0. The molecule has 1 aliphatic heterocycles. The van der Waals surface area contributed by atoms with Crippen molar-refractivity contribution in [3.8, 4) is 0 Å². The SMILES string of the molecule is CCC(=O)O[C@]1(C(=O)SCF)CCC2C3CCC4=CC(=O)C=CC4(C)[C@@]34O[C@H]4CC21C. The first kappa shape index (κ1) is 21.4. The minimum absolute atomic E-state index is 0.0281. The minimum Gasteiger partial charge on any atom is -0.449 e. The largest absolute Gasteiger partial charge is 0.449 e. The van der Waals surface area contributed by atoms with Gasteiger partial charge in [0.1, 0.15) is 11.6 Å². The smallest absolute Gasteiger partial charge is 0.306 e. The predicted molar refractivity (Wildman–Crippen MR) is 114 cm³/mol. The third-order valence-electron chi connectivity index (χ3n) is 9.15. The first-order chi connectivity index (χ1) is 14.7. The molecular formula is C24H29FO5S. The highest BCUT2D eigenvalue weighted by Crippen LogP contribution is 2.76. The van der Waals surface area contributed by atoms with Crippen molar-refractivity contribution in [3.05, 3.63) is 23.8 Å². The third-order valence-corrected chi connectivity index (χ3v) is 9.85. The number of alkyl halides is 1. The van der Waals surface area contributed by atoms with Gasteiger partial charge in [0.25, 0.3) is 0 Å². The van der Waals surface area contributed by atoms with Crippen LogP contribution in [-0.2, 0) is 23.9 Å². The molecule has 0 radical (unpaired) electrons. The lowest BCUT2D eigenvalue weighted by Crippen LogP contribution is -2.61. The zero-order chi connectivity index (χ0) is 22.2. The number of esters is 1. The molecule has 168 valence electrons. The van der Waals surface area contributed by atoms with E-state index in [0.29, 0.717) is 24.6 Å². The van der Waals surface area contributed by atoms with E-state index in [1.807, 2.05) is 13.0 Å². The number of carbonyl (C=O) groups is 3. The number of ketones is 1. The topological polar surface area (TPSA) is 73.0 Å². The van der Waals surface area contributed by atoms with Crippen molar-refractivity contribution in [1.29, 1.82) is 0 Å². The molecule has 4 fully saturated rings. The fourth-order valence-corrected chi connectivity index (χ4v) is 8.32. The number of allylic oxidation sites excluding steroid dienone is 2. The van der Waals surface area contributed by atoms with Crippen LogP contribution in [0.25, 0.3) is 0 Å². The lowest BCUT2D eigenvalue weighted by Gasteiger charge is -2.55. The van der Waals surface area contributed by atoms with Crippen LogP contribution < -0.4 is 0 Å². The number of rotatable bonds is 4. The molecule has 0 aromatic rings. The van der Waals surface area contributed by atoms with E-state index in [1.54, 1.807) is 19.1 Å². The fraction of sp³-hybridized carbons (Fsp3) is 0.708. The molecule has 5 rings (SSSR count). The molecule has 5 aliphatic rings. The molecule has 0 amide bonds. The summed E-state index contributed by atoms with van der Waals surface area (Å²) in [4.78, 5) is 37.6. The zero-order valence-corrected chi connectivity index (χ0v) is 19.1. The Morgan fingerprint density at radius 3 is 2.77 bits per heavy atom. The Labute approximate surface area is 186 Å². The molecule has 4 unspecified atom stereocenters. The molecule has 7 atom stereocenters. The molecule has 0 aromatic carbocycles. The van der Waals surface area contributed by atoms with Crippen molar-refractivity contribution in [2.45, 2.75) is 76.6 Å². The maximum Gasteiger partial charge on any atom is 0.306 e. The van der Waals surface area contributed by atoms with Crippen LogP contribution in [0.2, 0.25) is 0 Å². The number of carbonyl (C=O) groups excluding carboxylic acids is 3. The Morgan fingerprint density at radius 1 is 1.29 bits per heavy atom. The standard InChI is InChI=1S/C24H29FO5S/c1-4-19(27)30-23(20(28)31-13-25)10-8-16-17-6-5-14-11-15(26)7-9-21(14,2)24(17)18(29-24)12-22(16,23)3/h7,9,11,16-18H,4-6,8,10,12-13H2,1-3H3/t16?,17?,18-,21?,22?,23-,24+/m0/s1. The molecule has 1 heterocycles. The molecule has 0 bridgehead atoms. The van der Waals surface area contributed by atoms with Gasteiger partial charge in [-0.1, -0.05) is 25.5 Å². The first-order valence-electron chi connectivity index (χ1n) is 11.3. The summed E-state index contributed by atoms with van der Waals surface area (Å²) in [5.74, 6) is -0.0655. The highest BCUT2D eigenvalue weighted by molar-refractivity contribution is 8.13. The molecule has 1 spiro atoms. The first-order valence-corrected chi connectivity index (χ1v) is 12.2. The van der Waals surface area contributed by atoms with E-state index in [2.05, 4.69) is 6.92 Å². The van der Waals surface area contributed by atoms with Crippen molar-refractivity contribution in [1.82, 2.24) is 0 Å². The molecule has 7 heteroatoms. The lowest BCUT2D eigenvalue weighted by atomic mass is 9.47. The van der Waals surface area contributed by atoms with Crippen LogP contribution in [0.15, 0.2) is 23.8 Å². The lowest BCUT2D eigenvalue weighted by molar-refractivity contribution is -0.181. The van der Waals surface area contributed by atoms with Crippen LogP contribution in [0, 0.1) is 22.7 Å². The predicted octanol–water partition coefficient (Wildman–Crippen LogP) is 4.30. The number of thioether (sulfide) groups is 1. The number of hydrogen-bond donors (Lipinski definition) is 0. The van der Waals surface area contributed by atoms with Gasteiger partial charge in [-0.05, 0) is 74.8 Å². The molecule has 1 saturated heterocycles. The third kappa shape index (κ3) is 2.51. The van der Waals surface area contributed by atoms with Gasteiger partial charge in [-0.2, -0.15) is 0 Å². The van der Waals surface area contributed by atoms with Crippen molar-refractivity contribution >= 4 is 28.6 Å². The summed E-state index contributed by atoms with van der Waals surface area (Å²) in [6.45, 7) is 5.92. The van der Waals surface area contributed by atoms with Gasteiger partial charge in [-0.15, -0.1) is 0 Å². The van der Waals surface area contributed by atoms with Gasteiger partial charge in [0.15, 0.2) is 11.4 Å². The van der Waals surface area contributed by atoms with Crippen LogP contribution in [0.5, 0.6) is 0 Å². The highest BCUT2D eigenvalue weighted by Gasteiger charge is 2.82. The average Bonchev–Trinajstić information content (AvgIpc) is 3.38. The Kier molecular flexibility index (Phi) is 4.67. The van der Waals surface area contributed by atoms with Crippen molar-refractivity contribution < 1.29 is 28.2 Å². The maximum absolute atomic E-state index is 13.2. The minimum atomic E-state index is -1.31. The van der Waals surface area contributed by atoms with Crippen LogP contribution in [0.3, 0.4) is 0 Å². The van der Waals surface area contributed by atoms with Crippen molar-refractivity contribution in [2.75, 3.05) is 6.01 Å². The van der Waals surface area contributed by atoms with Crippen LogP contribution in [0.1, 0.15) is 59.3 Å². The molecular weight excluding hydrogens is 419 g/mol. The Morgan fingerprint density at radius 2 is 2.06 bits per heavy atom. The second-order valence-electron chi connectivity index (χ2n) is 10.1. The number of fused-ring (bicyclic) bond motifs is 3. The van der Waals surface area contributed by atoms with Gasteiger partial charge in [0.2, 0.25) is 5.12 Å². The van der Waals surface area contributed by atoms with Crippen molar-refractivity contribution in [3.63, 3.8) is 0 Å². The summed E-state index contributed by atoms with van der Waals surface area (Å²) < 4.78 is 25.6. The van der Waals surface area contributed by atoms with E-state index in [1.165, 1.54) is 0 Å². The monoisotopic (exact) mass is 448 g/mol. The van der Waals surface area contributed by atoms with Gasteiger partial charge in [-0.3, -0.25) is 14.4 Å². The number of halogens is 1. The van der Waals surface area contributed by atoms with E-state index < -0.39 is 23.0 Å². The Bertz CT molecular complexity index is 929. The van der Waals surface area contributed by atoms with Crippen molar-refractivity contribution in [2.24, 2.45) is 22.7 Å². The highest BCUT2D eigenvalue weighted by atomic mass is 32.2. The summed E-state index contributed by atoms with van der Waals surface area (Å²) in [7, 11) is 0. The summed E-state index contributed by atoms with van der Waals surface area (Å²) in [6.07, 6.45) is 8.98. The van der Waals surface area contributed by atoms with E-state index >= 15 is 0 Å². The van der Waals surface area contributed by atoms with Gasteiger partial charge >= 0.3 is 5.97 Å². The Hall–Kier alpha value is -1.47. The second kappa shape index (κ2) is 6.77.